The van der Waals surface area contributed by atoms with Crippen molar-refractivity contribution in [3.63, 3.8) is 0 Å². The molecule has 31 heavy (non-hydrogen) atoms. The van der Waals surface area contributed by atoms with E-state index in [2.05, 4.69) is 15.3 Å². The van der Waals surface area contributed by atoms with Crippen LogP contribution in [0.4, 0.5) is 17.5 Å². The van der Waals surface area contributed by atoms with Gasteiger partial charge in [-0.25, -0.2) is 0 Å². The maximum Gasteiger partial charge on any atom is 0.260 e. The van der Waals surface area contributed by atoms with Crippen LogP contribution in [-0.4, -0.2) is 14.5 Å². The van der Waals surface area contributed by atoms with E-state index in [1.165, 1.54) is 0 Å². The molecule has 0 saturated heterocycles. The van der Waals surface area contributed by atoms with Gasteiger partial charge in [0.05, 0.1) is 21.0 Å². The van der Waals surface area contributed by atoms with Gasteiger partial charge in [0.15, 0.2) is 5.65 Å². The van der Waals surface area contributed by atoms with Crippen LogP contribution in [0.3, 0.4) is 0 Å². The van der Waals surface area contributed by atoms with Crippen LogP contribution < -0.4 is 16.6 Å². The first kappa shape index (κ1) is 21.2. The Morgan fingerprint density at radius 2 is 1.71 bits per heavy atom. The van der Waals surface area contributed by atoms with E-state index in [1.54, 1.807) is 28.8 Å². The zero-order valence-electron chi connectivity index (χ0n) is 17.1. The molecule has 0 saturated carbocycles. The number of benzene rings is 2. The molecular weight excluding hydrogens is 433 g/mol. The van der Waals surface area contributed by atoms with Gasteiger partial charge in [-0.05, 0) is 36.2 Å². The number of aromatic nitrogens is 3. The van der Waals surface area contributed by atoms with Crippen molar-refractivity contribution < 1.29 is 0 Å². The largest absolute Gasteiger partial charge is 0.383 e. The van der Waals surface area contributed by atoms with Crippen LogP contribution in [0.2, 0.25) is 10.0 Å². The molecule has 4 rings (SSSR count). The van der Waals surface area contributed by atoms with Gasteiger partial charge in [-0.3, -0.25) is 9.36 Å². The molecule has 2 aromatic heterocycles. The van der Waals surface area contributed by atoms with Gasteiger partial charge in [-0.15, -0.1) is 0 Å². The fourth-order valence-electron chi connectivity index (χ4n) is 3.44. The number of rotatable bonds is 5. The van der Waals surface area contributed by atoms with E-state index in [9.17, 15) is 4.79 Å². The van der Waals surface area contributed by atoms with E-state index in [4.69, 9.17) is 28.9 Å². The maximum absolute atomic E-state index is 13.5. The minimum absolute atomic E-state index is 0.194. The number of para-hydroxylation sites is 1. The van der Waals surface area contributed by atoms with Crippen molar-refractivity contribution in [1.82, 2.24) is 14.5 Å². The molecule has 4 aromatic rings. The molecular formula is C23H21Cl2N5O. The highest BCUT2D eigenvalue weighted by Gasteiger charge is 2.20. The Morgan fingerprint density at radius 3 is 2.35 bits per heavy atom. The molecule has 0 atom stereocenters. The quantitative estimate of drug-likeness (QED) is 0.401. The average molecular weight is 454 g/mol. The van der Waals surface area contributed by atoms with Gasteiger partial charge in [0.1, 0.15) is 5.82 Å². The molecule has 3 N–H and O–H groups in total. The maximum atomic E-state index is 13.5. The number of nitrogens with zero attached hydrogens (tertiary/aromatic N) is 3. The van der Waals surface area contributed by atoms with Crippen LogP contribution in [0.1, 0.15) is 13.8 Å². The standard InChI is InChI=1S/C23H21Cl2N5O/c1-13(2)12-30-21-16(11-15(22(30)31)19-17(24)9-6-10-18(19)25)20(26)28-23(29-21)27-14-7-4-3-5-8-14/h3-11,13H,12H2,1-2H3,(H3,26,27,28,29). The van der Waals surface area contributed by atoms with Gasteiger partial charge in [0.25, 0.3) is 5.56 Å². The zero-order valence-corrected chi connectivity index (χ0v) is 18.6. The molecule has 6 nitrogen and oxygen atoms in total. The van der Waals surface area contributed by atoms with Crippen LogP contribution in [0.25, 0.3) is 22.2 Å². The van der Waals surface area contributed by atoms with Crippen molar-refractivity contribution >= 4 is 51.7 Å². The van der Waals surface area contributed by atoms with E-state index in [-0.39, 0.29) is 17.3 Å². The van der Waals surface area contributed by atoms with E-state index >= 15 is 0 Å². The van der Waals surface area contributed by atoms with Crippen molar-refractivity contribution in [3.8, 4) is 11.1 Å². The smallest absolute Gasteiger partial charge is 0.260 e. The first-order valence-electron chi connectivity index (χ1n) is 9.82. The summed E-state index contributed by atoms with van der Waals surface area (Å²) in [5.41, 5.74) is 8.19. The first-order valence-corrected chi connectivity index (χ1v) is 10.6. The summed E-state index contributed by atoms with van der Waals surface area (Å²) in [6, 6.07) is 16.3. The summed E-state index contributed by atoms with van der Waals surface area (Å²) in [6.07, 6.45) is 0. The van der Waals surface area contributed by atoms with Gasteiger partial charge >= 0.3 is 0 Å². The Kier molecular flexibility index (Phi) is 5.85. The summed E-state index contributed by atoms with van der Waals surface area (Å²) in [7, 11) is 0. The number of nitrogen functional groups attached to an aromatic ring is 1. The van der Waals surface area contributed by atoms with Crippen LogP contribution in [0, 0.1) is 5.92 Å². The van der Waals surface area contributed by atoms with Crippen LogP contribution in [0.15, 0.2) is 59.4 Å². The van der Waals surface area contributed by atoms with E-state index in [0.29, 0.717) is 44.7 Å². The number of nitrogens with one attached hydrogen (secondary N) is 1. The normalized spacial score (nSPS) is 11.3. The Morgan fingerprint density at radius 1 is 1.03 bits per heavy atom. The minimum atomic E-state index is -0.236. The lowest BCUT2D eigenvalue weighted by Gasteiger charge is -2.17. The van der Waals surface area contributed by atoms with Crippen molar-refractivity contribution in [3.05, 3.63) is 75.0 Å². The molecule has 0 spiro atoms. The van der Waals surface area contributed by atoms with Crippen LogP contribution in [-0.2, 0) is 6.54 Å². The molecule has 2 heterocycles. The van der Waals surface area contributed by atoms with Crippen LogP contribution >= 0.6 is 23.2 Å². The molecule has 0 amide bonds. The molecule has 0 aliphatic rings. The van der Waals surface area contributed by atoms with Crippen molar-refractivity contribution in [1.29, 1.82) is 0 Å². The number of anilines is 3. The number of hydrogen-bond donors (Lipinski definition) is 2. The second-order valence-corrected chi connectivity index (χ2v) is 8.44. The highest BCUT2D eigenvalue weighted by molar-refractivity contribution is 6.39. The third-order valence-electron chi connectivity index (χ3n) is 4.78. The Labute approximate surface area is 189 Å². The molecule has 0 unspecified atom stereocenters. The summed E-state index contributed by atoms with van der Waals surface area (Å²) in [4.78, 5) is 22.5. The Balaban J connectivity index is 1.98. The summed E-state index contributed by atoms with van der Waals surface area (Å²) < 4.78 is 1.61. The van der Waals surface area contributed by atoms with Crippen molar-refractivity contribution in [2.45, 2.75) is 20.4 Å². The number of fused-ring (bicyclic) bond motifs is 1. The number of pyridine rings is 1. The Bertz CT molecular complexity index is 1300. The summed E-state index contributed by atoms with van der Waals surface area (Å²) in [6.45, 7) is 4.51. The summed E-state index contributed by atoms with van der Waals surface area (Å²) in [5, 5.41) is 4.48. The lowest BCUT2D eigenvalue weighted by Crippen LogP contribution is -2.26. The molecule has 0 radical (unpaired) electrons. The lowest BCUT2D eigenvalue weighted by molar-refractivity contribution is 0.521. The molecule has 0 aliphatic carbocycles. The van der Waals surface area contributed by atoms with Crippen molar-refractivity contribution in [2.24, 2.45) is 5.92 Å². The molecule has 158 valence electrons. The van der Waals surface area contributed by atoms with Gasteiger partial charge < -0.3 is 11.1 Å². The monoisotopic (exact) mass is 453 g/mol. The predicted octanol–water partition coefficient (Wildman–Crippen LogP) is 5.75. The lowest BCUT2D eigenvalue weighted by atomic mass is 10.0. The van der Waals surface area contributed by atoms with E-state index in [0.717, 1.165) is 5.69 Å². The van der Waals surface area contributed by atoms with E-state index < -0.39 is 0 Å². The first-order chi connectivity index (χ1) is 14.8. The third-order valence-corrected chi connectivity index (χ3v) is 5.41. The molecule has 0 fully saturated rings. The Hall–Kier alpha value is -3.09. The average Bonchev–Trinajstić information content (AvgIpc) is 2.72. The zero-order chi connectivity index (χ0) is 22.1. The molecule has 2 aromatic carbocycles. The SMILES string of the molecule is CC(C)Cn1c(=O)c(-c2c(Cl)cccc2Cl)cc2c(N)nc(Nc3ccccc3)nc21. The van der Waals surface area contributed by atoms with E-state index in [1.807, 2.05) is 44.2 Å². The van der Waals surface area contributed by atoms with Gasteiger partial charge in [0.2, 0.25) is 5.95 Å². The number of hydrogen-bond acceptors (Lipinski definition) is 5. The second-order valence-electron chi connectivity index (χ2n) is 7.63. The fraction of sp³-hybridized carbons (Fsp3) is 0.174. The number of halogens is 2. The van der Waals surface area contributed by atoms with Crippen LogP contribution in [0.5, 0.6) is 0 Å². The predicted molar refractivity (Wildman–Crippen MR) is 128 cm³/mol. The molecule has 0 bridgehead atoms. The van der Waals surface area contributed by atoms with Gasteiger partial charge in [0, 0.05) is 17.8 Å². The van der Waals surface area contributed by atoms with Gasteiger partial charge in [-0.2, -0.15) is 9.97 Å². The highest BCUT2D eigenvalue weighted by Crippen LogP contribution is 2.35. The van der Waals surface area contributed by atoms with Crippen molar-refractivity contribution in [2.75, 3.05) is 11.1 Å². The molecule has 8 heteroatoms. The summed E-state index contributed by atoms with van der Waals surface area (Å²) in [5.74, 6) is 0.765. The topological polar surface area (TPSA) is 85.8 Å². The third kappa shape index (κ3) is 4.22. The highest BCUT2D eigenvalue weighted by atomic mass is 35.5. The molecule has 0 aliphatic heterocycles. The van der Waals surface area contributed by atoms with Gasteiger partial charge in [-0.1, -0.05) is 61.3 Å². The fourth-order valence-corrected chi connectivity index (χ4v) is 4.04. The second kappa shape index (κ2) is 8.57. The number of nitrogens with two attached hydrogens (primary N) is 1. The minimum Gasteiger partial charge on any atom is -0.383 e. The summed E-state index contributed by atoms with van der Waals surface area (Å²) >= 11 is 12.8.